The van der Waals surface area contributed by atoms with Gasteiger partial charge < -0.3 is 10.1 Å². The Kier molecular flexibility index (Phi) is 5.76. The van der Waals surface area contributed by atoms with Crippen molar-refractivity contribution < 1.29 is 4.74 Å². The van der Waals surface area contributed by atoms with Crippen molar-refractivity contribution in [3.05, 3.63) is 11.9 Å². The molecule has 5 heteroatoms. The fourth-order valence-electron chi connectivity index (χ4n) is 2.69. The first-order valence-corrected chi connectivity index (χ1v) is 8.19. The van der Waals surface area contributed by atoms with Crippen LogP contribution in [-0.2, 0) is 17.8 Å². The molecule has 2 rings (SSSR count). The van der Waals surface area contributed by atoms with Crippen molar-refractivity contribution >= 4 is 0 Å². The van der Waals surface area contributed by atoms with E-state index in [0.29, 0.717) is 17.6 Å². The molecular formula is C16H30N4O. The molecule has 1 aliphatic carbocycles. The Labute approximate surface area is 128 Å². The third kappa shape index (κ3) is 5.75. The Balaban J connectivity index is 1.65. The van der Waals surface area contributed by atoms with Crippen LogP contribution in [0.2, 0.25) is 0 Å². The second-order valence-electron chi connectivity index (χ2n) is 7.24. The van der Waals surface area contributed by atoms with Gasteiger partial charge in [-0.3, -0.25) is 0 Å². The second kappa shape index (κ2) is 7.36. The van der Waals surface area contributed by atoms with Gasteiger partial charge >= 0.3 is 0 Å². The summed E-state index contributed by atoms with van der Waals surface area (Å²) in [5.41, 5.74) is 1.49. The Bertz CT molecular complexity index is 418. The van der Waals surface area contributed by atoms with Gasteiger partial charge in [0, 0.05) is 18.8 Å². The third-order valence-electron chi connectivity index (χ3n) is 4.24. The molecule has 0 amide bonds. The van der Waals surface area contributed by atoms with Crippen molar-refractivity contribution in [2.45, 2.75) is 78.6 Å². The highest BCUT2D eigenvalue weighted by Crippen LogP contribution is 2.36. The molecule has 120 valence electrons. The van der Waals surface area contributed by atoms with Crippen LogP contribution in [0.1, 0.15) is 59.1 Å². The Morgan fingerprint density at radius 2 is 2.10 bits per heavy atom. The van der Waals surface area contributed by atoms with Gasteiger partial charge in [0.25, 0.3) is 0 Å². The van der Waals surface area contributed by atoms with Gasteiger partial charge in [-0.2, -0.15) is 0 Å². The lowest BCUT2D eigenvalue weighted by molar-refractivity contribution is -0.0000934. The first-order chi connectivity index (χ1) is 9.94. The first-order valence-electron chi connectivity index (χ1n) is 8.19. The van der Waals surface area contributed by atoms with Crippen molar-refractivity contribution in [2.75, 3.05) is 6.61 Å². The van der Waals surface area contributed by atoms with Gasteiger partial charge in [-0.1, -0.05) is 32.9 Å². The minimum atomic E-state index is 0.434. The van der Waals surface area contributed by atoms with E-state index in [1.807, 2.05) is 10.9 Å². The van der Waals surface area contributed by atoms with Gasteiger partial charge in [-0.25, -0.2) is 4.68 Å². The number of rotatable bonds is 7. The van der Waals surface area contributed by atoms with Crippen molar-refractivity contribution in [2.24, 2.45) is 5.41 Å². The summed E-state index contributed by atoms with van der Waals surface area (Å²) in [5, 5.41) is 11.7. The molecule has 1 fully saturated rings. The lowest BCUT2D eigenvalue weighted by Gasteiger charge is -2.34. The van der Waals surface area contributed by atoms with E-state index in [1.165, 1.54) is 25.7 Å². The quantitative estimate of drug-likeness (QED) is 0.840. The van der Waals surface area contributed by atoms with Gasteiger partial charge in [0.15, 0.2) is 0 Å². The average molecular weight is 294 g/mol. The van der Waals surface area contributed by atoms with Gasteiger partial charge in [-0.15, -0.1) is 5.10 Å². The van der Waals surface area contributed by atoms with Crippen LogP contribution in [0.25, 0.3) is 0 Å². The molecule has 1 heterocycles. The largest absolute Gasteiger partial charge is 0.376 e. The third-order valence-corrected chi connectivity index (χ3v) is 4.24. The maximum absolute atomic E-state index is 5.98. The minimum absolute atomic E-state index is 0.434. The van der Waals surface area contributed by atoms with Crippen molar-refractivity contribution in [3.8, 4) is 0 Å². The summed E-state index contributed by atoms with van der Waals surface area (Å²) in [4.78, 5) is 0. The zero-order valence-electron chi connectivity index (χ0n) is 13.9. The first kappa shape index (κ1) is 16.4. The van der Waals surface area contributed by atoms with E-state index in [4.69, 9.17) is 4.74 Å². The summed E-state index contributed by atoms with van der Waals surface area (Å²) in [7, 11) is 0. The van der Waals surface area contributed by atoms with Crippen LogP contribution >= 0.6 is 0 Å². The molecule has 0 saturated heterocycles. The van der Waals surface area contributed by atoms with Crippen LogP contribution in [0.5, 0.6) is 0 Å². The molecule has 0 spiro atoms. The van der Waals surface area contributed by atoms with Crippen LogP contribution in [0, 0.1) is 5.41 Å². The fourth-order valence-corrected chi connectivity index (χ4v) is 2.69. The Morgan fingerprint density at radius 3 is 2.76 bits per heavy atom. The number of ether oxygens (including phenoxy) is 1. The van der Waals surface area contributed by atoms with Gasteiger partial charge in [0.05, 0.1) is 24.9 Å². The SMILES string of the molecule is CC(C)NCc1cn(CCOC2CCC(C)(C)CC2)nn1. The smallest absolute Gasteiger partial charge is 0.0964 e. The normalized spacial score (nSPS) is 19.3. The van der Waals surface area contributed by atoms with Crippen LogP contribution in [0.3, 0.4) is 0 Å². The number of hydrogen-bond donors (Lipinski definition) is 1. The summed E-state index contributed by atoms with van der Waals surface area (Å²) in [6, 6.07) is 0.467. The summed E-state index contributed by atoms with van der Waals surface area (Å²) in [6.07, 6.45) is 7.35. The Hall–Kier alpha value is -0.940. The lowest BCUT2D eigenvalue weighted by Crippen LogP contribution is -2.27. The molecule has 1 saturated carbocycles. The number of aromatic nitrogens is 3. The van der Waals surface area contributed by atoms with Crippen LogP contribution < -0.4 is 5.32 Å². The van der Waals surface area contributed by atoms with Gasteiger partial charge in [-0.05, 0) is 31.1 Å². The molecule has 1 aromatic rings. The number of nitrogens with zero attached hydrogens (tertiary/aromatic N) is 3. The van der Waals surface area contributed by atoms with Crippen molar-refractivity contribution in [1.29, 1.82) is 0 Å². The second-order valence-corrected chi connectivity index (χ2v) is 7.24. The summed E-state index contributed by atoms with van der Waals surface area (Å²) >= 11 is 0. The molecule has 0 unspecified atom stereocenters. The van der Waals surface area contributed by atoms with Crippen molar-refractivity contribution in [1.82, 2.24) is 20.3 Å². The summed E-state index contributed by atoms with van der Waals surface area (Å²) < 4.78 is 7.86. The van der Waals surface area contributed by atoms with E-state index in [2.05, 4.69) is 43.3 Å². The van der Waals surface area contributed by atoms with E-state index in [1.54, 1.807) is 0 Å². The summed E-state index contributed by atoms with van der Waals surface area (Å²) in [5.74, 6) is 0. The van der Waals surface area contributed by atoms with E-state index in [0.717, 1.165) is 25.4 Å². The predicted molar refractivity (Wildman–Crippen MR) is 84.0 cm³/mol. The Morgan fingerprint density at radius 1 is 1.38 bits per heavy atom. The molecule has 1 N–H and O–H groups in total. The molecule has 21 heavy (non-hydrogen) atoms. The highest BCUT2D eigenvalue weighted by molar-refractivity contribution is 4.91. The fraction of sp³-hybridized carbons (Fsp3) is 0.875. The lowest BCUT2D eigenvalue weighted by atomic mass is 9.76. The zero-order chi connectivity index (χ0) is 15.3. The van der Waals surface area contributed by atoms with E-state index >= 15 is 0 Å². The minimum Gasteiger partial charge on any atom is -0.376 e. The molecule has 0 aromatic carbocycles. The zero-order valence-corrected chi connectivity index (χ0v) is 13.9. The van der Waals surface area contributed by atoms with Gasteiger partial charge in [0.2, 0.25) is 0 Å². The van der Waals surface area contributed by atoms with E-state index in [-0.39, 0.29) is 0 Å². The van der Waals surface area contributed by atoms with E-state index in [9.17, 15) is 0 Å². The standard InChI is InChI=1S/C16H30N4O/c1-13(2)17-11-14-12-20(19-18-14)9-10-21-15-5-7-16(3,4)8-6-15/h12-13,15,17H,5-11H2,1-4H3. The highest BCUT2D eigenvalue weighted by Gasteiger charge is 2.26. The van der Waals surface area contributed by atoms with Gasteiger partial charge in [0.1, 0.15) is 0 Å². The predicted octanol–water partition coefficient (Wildman–Crippen LogP) is 2.76. The topological polar surface area (TPSA) is 52.0 Å². The van der Waals surface area contributed by atoms with Crippen LogP contribution in [-0.4, -0.2) is 33.7 Å². The molecule has 0 radical (unpaired) electrons. The van der Waals surface area contributed by atoms with Crippen LogP contribution in [0.4, 0.5) is 0 Å². The molecule has 1 aliphatic rings. The molecular weight excluding hydrogens is 264 g/mol. The molecule has 1 aromatic heterocycles. The highest BCUT2D eigenvalue weighted by atomic mass is 16.5. The maximum Gasteiger partial charge on any atom is 0.0964 e. The monoisotopic (exact) mass is 294 g/mol. The molecule has 5 nitrogen and oxygen atoms in total. The van der Waals surface area contributed by atoms with Crippen molar-refractivity contribution in [3.63, 3.8) is 0 Å². The summed E-state index contributed by atoms with van der Waals surface area (Å²) in [6.45, 7) is 11.3. The molecule has 0 aliphatic heterocycles. The van der Waals surface area contributed by atoms with E-state index < -0.39 is 0 Å². The molecule has 0 atom stereocenters. The maximum atomic E-state index is 5.98. The number of hydrogen-bond acceptors (Lipinski definition) is 4. The average Bonchev–Trinajstić information content (AvgIpc) is 2.86. The van der Waals surface area contributed by atoms with Crippen LogP contribution in [0.15, 0.2) is 6.20 Å². The molecule has 0 bridgehead atoms. The number of nitrogens with one attached hydrogen (secondary N) is 1.